The van der Waals surface area contributed by atoms with Crippen molar-refractivity contribution in [2.75, 3.05) is 45.0 Å². The summed E-state index contributed by atoms with van der Waals surface area (Å²) in [6, 6.07) is 11.4. The fraction of sp³-hybridized carbons (Fsp3) is 0.306. The number of carbonyl (C=O) groups is 5. The summed E-state index contributed by atoms with van der Waals surface area (Å²) < 4.78 is 152. The molecule has 77 heavy (non-hydrogen) atoms. The molecule has 1 fully saturated rings. The van der Waals surface area contributed by atoms with Gasteiger partial charge in [-0.05, 0) is 78.2 Å². The van der Waals surface area contributed by atoms with E-state index in [1.165, 1.54) is 47.1 Å². The zero-order valence-electron chi connectivity index (χ0n) is 39.7. The summed E-state index contributed by atoms with van der Waals surface area (Å²) in [4.78, 5) is 63.7. The van der Waals surface area contributed by atoms with Gasteiger partial charge < -0.3 is 39.8 Å². The van der Waals surface area contributed by atoms with Crippen LogP contribution in [0.25, 0.3) is 16.8 Å². The van der Waals surface area contributed by atoms with E-state index in [0.29, 0.717) is 17.8 Å². The van der Waals surface area contributed by atoms with E-state index in [2.05, 4.69) is 20.9 Å². The summed E-state index contributed by atoms with van der Waals surface area (Å²) in [5, 5.41) is 31.2. The van der Waals surface area contributed by atoms with Crippen molar-refractivity contribution in [2.45, 2.75) is 57.2 Å². The summed E-state index contributed by atoms with van der Waals surface area (Å²) in [6.07, 6.45) is -14.1. The number of fused-ring (bicyclic) bond motifs is 1. The number of nitrogens with one attached hydrogen (secondary N) is 3. The average molecular weight is 1090 g/mol. The number of aromatic hydroxyl groups is 1. The Morgan fingerprint density at radius 2 is 1.44 bits per heavy atom. The van der Waals surface area contributed by atoms with Crippen LogP contribution in [0.5, 0.6) is 17.2 Å². The predicted molar refractivity (Wildman–Crippen MR) is 249 cm³/mol. The molecule has 1 aromatic heterocycles. The standard InChI is InChI=1S/C49H43F9N8O11/c50-47(51,52)28-18-27(19-29(20-28)48(53,54)55)41-37(10-8-32(43(41)69)34(59)21-38(60)49(56,57)58)76-23-26-4-6-30(7-5-26)61-40(68)25-75-17-16-74-15-14-73-13-12-65-22-31(63-64-65)24-77-36-3-1-2-33-42(36)46(72)66(45(33)71)35-9-11-39(67)62-44(35)70/h1-8,10,18-22,35,60,69H,9,11-17,23-25,59H2,(H,61,68)(H,62,67,70)/b34-21-,60-38?. The van der Waals surface area contributed by atoms with Gasteiger partial charge in [0.05, 0.1) is 73.6 Å². The minimum absolute atomic E-state index is 0.00220. The number of nitrogens with zero attached hydrogens (tertiary/aromatic N) is 4. The molecule has 1 saturated heterocycles. The fourth-order valence-corrected chi connectivity index (χ4v) is 7.69. The molecule has 28 heteroatoms. The van der Waals surface area contributed by atoms with Crippen molar-refractivity contribution in [3.8, 4) is 28.4 Å². The number of hydrogen-bond acceptors (Lipinski definition) is 15. The highest BCUT2D eigenvalue weighted by Gasteiger charge is 2.46. The highest BCUT2D eigenvalue weighted by atomic mass is 19.4. The lowest BCUT2D eigenvalue weighted by Crippen LogP contribution is -2.54. The number of allylic oxidation sites excluding steroid dienone is 1. The number of hydrogen-bond donors (Lipinski definition) is 5. The molecule has 0 radical (unpaired) electrons. The van der Waals surface area contributed by atoms with Crippen molar-refractivity contribution in [2.24, 2.45) is 5.73 Å². The highest BCUT2D eigenvalue weighted by molar-refractivity contribution is 6.24. The molecule has 7 rings (SSSR count). The number of halogens is 9. The van der Waals surface area contributed by atoms with E-state index in [1.54, 1.807) is 6.20 Å². The topological polar surface area (TPSA) is 260 Å². The summed E-state index contributed by atoms with van der Waals surface area (Å²) >= 11 is 0. The fourth-order valence-electron chi connectivity index (χ4n) is 7.69. The molecule has 5 amide bonds. The van der Waals surface area contributed by atoms with Gasteiger partial charge in [0.2, 0.25) is 17.7 Å². The van der Waals surface area contributed by atoms with Crippen LogP contribution >= 0.6 is 0 Å². The zero-order valence-corrected chi connectivity index (χ0v) is 39.7. The molecule has 2 aliphatic rings. The number of anilines is 1. The molecule has 0 spiro atoms. The molecule has 0 aliphatic carbocycles. The Morgan fingerprint density at radius 3 is 2.09 bits per heavy atom. The zero-order chi connectivity index (χ0) is 55.8. The summed E-state index contributed by atoms with van der Waals surface area (Å²) in [6.45, 7) is 0.201. The molecule has 1 atom stereocenters. The van der Waals surface area contributed by atoms with Crippen LogP contribution in [0.3, 0.4) is 0 Å². The Labute approximate surface area is 429 Å². The SMILES string of the molecule is N=C(/C=C(\N)c1ccc(OCc2ccc(NC(=O)COCCOCCOCCn3cc(COc4cccc5c4C(=O)N(C4CCC(=O)NC4=O)C5=O)nn3)cc2)c(-c2cc(C(F)(F)F)cc(C(F)(F)F)c2)c1O)C(F)(F)F. The number of benzene rings is 4. The number of phenolic OH excluding ortho intramolecular Hbond substituents is 1. The van der Waals surface area contributed by atoms with Gasteiger partial charge in [0.15, 0.2) is 0 Å². The van der Waals surface area contributed by atoms with E-state index in [4.69, 9.17) is 34.8 Å². The van der Waals surface area contributed by atoms with Crippen LogP contribution in [0.2, 0.25) is 0 Å². The van der Waals surface area contributed by atoms with Gasteiger partial charge in [0, 0.05) is 23.4 Å². The second kappa shape index (κ2) is 23.7. The maximum atomic E-state index is 13.8. The van der Waals surface area contributed by atoms with Crippen LogP contribution in [-0.4, -0.2) is 112 Å². The number of imide groups is 2. The first-order valence-corrected chi connectivity index (χ1v) is 22.8. The van der Waals surface area contributed by atoms with Gasteiger partial charge in [-0.15, -0.1) is 5.10 Å². The Kier molecular flexibility index (Phi) is 17.3. The number of aromatic nitrogens is 3. The first kappa shape index (κ1) is 56.4. The van der Waals surface area contributed by atoms with E-state index in [0.717, 1.165) is 17.0 Å². The first-order valence-electron chi connectivity index (χ1n) is 22.8. The number of carbonyl (C=O) groups excluding carboxylic acids is 5. The van der Waals surface area contributed by atoms with Crippen LogP contribution in [-0.2, 0) is 60.7 Å². The van der Waals surface area contributed by atoms with Crippen LogP contribution < -0.4 is 25.8 Å². The van der Waals surface area contributed by atoms with E-state index >= 15 is 0 Å². The quantitative estimate of drug-likeness (QED) is 0.0206. The van der Waals surface area contributed by atoms with E-state index < -0.39 is 111 Å². The van der Waals surface area contributed by atoms with Crippen molar-refractivity contribution >= 4 is 46.6 Å². The predicted octanol–water partition coefficient (Wildman–Crippen LogP) is 6.82. The average Bonchev–Trinajstić information content (AvgIpc) is 3.98. The number of rotatable bonds is 22. The highest BCUT2D eigenvalue weighted by Crippen LogP contribution is 2.46. The molecule has 19 nitrogen and oxygen atoms in total. The largest absolute Gasteiger partial charge is 0.506 e. The Bertz CT molecular complexity index is 3060. The second-order valence-electron chi connectivity index (χ2n) is 16.8. The second-order valence-corrected chi connectivity index (χ2v) is 16.8. The van der Waals surface area contributed by atoms with Gasteiger partial charge in [-0.25, -0.2) is 4.68 Å². The molecule has 2 aliphatic heterocycles. The molecular formula is C49H43F9N8O11. The third kappa shape index (κ3) is 14.1. The Hall–Kier alpha value is -8.37. The molecule has 0 saturated carbocycles. The number of ether oxygens (including phenoxy) is 5. The van der Waals surface area contributed by atoms with Crippen LogP contribution in [0.15, 0.2) is 85.1 Å². The maximum absolute atomic E-state index is 13.8. The maximum Gasteiger partial charge on any atom is 0.432 e. The van der Waals surface area contributed by atoms with Gasteiger partial charge >= 0.3 is 18.5 Å². The summed E-state index contributed by atoms with van der Waals surface area (Å²) in [7, 11) is 0. The van der Waals surface area contributed by atoms with Crippen molar-refractivity contribution in [3.63, 3.8) is 0 Å². The lowest BCUT2D eigenvalue weighted by atomic mass is 9.94. The molecular weight excluding hydrogens is 1050 g/mol. The molecule has 0 bridgehead atoms. The molecule has 4 aromatic carbocycles. The summed E-state index contributed by atoms with van der Waals surface area (Å²) in [5.41, 5.74) is -1.87. The molecule has 408 valence electrons. The van der Waals surface area contributed by atoms with Crippen molar-refractivity contribution < 1.29 is 92.3 Å². The van der Waals surface area contributed by atoms with E-state index in [9.17, 15) is 68.6 Å². The minimum Gasteiger partial charge on any atom is -0.506 e. The lowest BCUT2D eigenvalue weighted by Gasteiger charge is -2.27. The van der Waals surface area contributed by atoms with Crippen LogP contribution in [0, 0.1) is 5.41 Å². The number of nitrogens with two attached hydrogens (primary N) is 1. The Balaban J connectivity index is 0.819. The normalized spacial score (nSPS) is 15.2. The number of alkyl halides is 9. The smallest absolute Gasteiger partial charge is 0.432 e. The van der Waals surface area contributed by atoms with Gasteiger partial charge in [-0.1, -0.05) is 23.4 Å². The number of phenols is 1. The van der Waals surface area contributed by atoms with Crippen LogP contribution in [0.1, 0.15) is 61.5 Å². The van der Waals surface area contributed by atoms with Gasteiger partial charge in [0.1, 0.15) is 54.5 Å². The van der Waals surface area contributed by atoms with Crippen molar-refractivity contribution in [1.82, 2.24) is 25.2 Å². The first-order chi connectivity index (χ1) is 36.4. The van der Waals surface area contributed by atoms with Crippen molar-refractivity contribution in [3.05, 3.63) is 124 Å². The third-order valence-corrected chi connectivity index (χ3v) is 11.4. The van der Waals surface area contributed by atoms with Crippen molar-refractivity contribution in [1.29, 1.82) is 5.41 Å². The molecule has 6 N–H and O–H groups in total. The molecule has 5 aromatic rings. The van der Waals surface area contributed by atoms with Gasteiger partial charge in [-0.3, -0.25) is 39.6 Å². The monoisotopic (exact) mass is 1090 g/mol. The number of piperidine rings is 1. The van der Waals surface area contributed by atoms with E-state index in [1.807, 2.05) is 0 Å². The minimum atomic E-state index is -5.31. The van der Waals surface area contributed by atoms with E-state index in [-0.39, 0.29) is 106 Å². The molecule has 3 heterocycles. The van der Waals surface area contributed by atoms with Gasteiger partial charge in [-0.2, -0.15) is 39.5 Å². The molecule has 1 unspecified atom stereocenters. The number of amides is 5. The van der Waals surface area contributed by atoms with Crippen LogP contribution in [0.4, 0.5) is 45.2 Å². The summed E-state index contributed by atoms with van der Waals surface area (Å²) in [5.74, 6) is -4.67. The van der Waals surface area contributed by atoms with Gasteiger partial charge in [0.25, 0.3) is 11.8 Å². The Morgan fingerprint density at radius 1 is 0.805 bits per heavy atom. The lowest BCUT2D eigenvalue weighted by molar-refractivity contribution is -0.143. The third-order valence-electron chi connectivity index (χ3n) is 11.4.